The number of aliphatic carboxylic acids is 1. The van der Waals surface area contributed by atoms with Gasteiger partial charge in [0.2, 0.25) is 0 Å². The molecule has 0 rings (SSSR count). The summed E-state index contributed by atoms with van der Waals surface area (Å²) >= 11 is 0. The number of phosphoric ester groups is 1. The van der Waals surface area contributed by atoms with E-state index in [9.17, 15) is 23.8 Å². The van der Waals surface area contributed by atoms with E-state index in [1.165, 1.54) is 109 Å². The van der Waals surface area contributed by atoms with Crippen molar-refractivity contribution >= 4 is 25.7 Å². The number of esters is 2. The molecule has 0 bridgehead atoms. The Hall–Kier alpha value is -2.30. The topological polar surface area (TPSA) is 172 Å². The van der Waals surface area contributed by atoms with E-state index in [1.54, 1.807) is 0 Å². The van der Waals surface area contributed by atoms with Crippen LogP contribution in [0, 0.1) is 0 Å². The number of hydrogen-bond acceptors (Lipinski definition) is 9. The van der Waals surface area contributed by atoms with Crippen molar-refractivity contribution in [1.29, 1.82) is 0 Å². The summed E-state index contributed by atoms with van der Waals surface area (Å²) in [6, 6.07) is -1.53. The molecule has 0 saturated heterocycles. The number of carboxylic acid groups (broad SMARTS) is 1. The molecule has 0 aromatic carbocycles. The molecular weight excluding hydrogens is 733 g/mol. The summed E-state index contributed by atoms with van der Waals surface area (Å²) in [7, 11) is -4.72. The van der Waals surface area contributed by atoms with Gasteiger partial charge in [-0.15, -0.1) is 0 Å². The minimum Gasteiger partial charge on any atom is -0.480 e. The number of allylic oxidation sites excluding steroid dienone is 6. The average molecular weight is 814 g/mol. The normalized spacial score (nSPS) is 14.1. The zero-order chi connectivity index (χ0) is 41.4. The largest absolute Gasteiger partial charge is 0.480 e. The maximum Gasteiger partial charge on any atom is 0.472 e. The van der Waals surface area contributed by atoms with Crippen molar-refractivity contribution in [3.63, 3.8) is 0 Å². The van der Waals surface area contributed by atoms with Crippen LogP contribution in [0.5, 0.6) is 0 Å². The van der Waals surface area contributed by atoms with Gasteiger partial charge in [-0.05, 0) is 44.9 Å². The van der Waals surface area contributed by atoms with E-state index in [-0.39, 0.29) is 19.4 Å². The lowest BCUT2D eigenvalue weighted by Gasteiger charge is -2.20. The van der Waals surface area contributed by atoms with Crippen LogP contribution in [0.4, 0.5) is 0 Å². The molecule has 0 heterocycles. The number of rotatable bonds is 41. The molecule has 0 aliphatic heterocycles. The molecule has 0 radical (unpaired) electrons. The van der Waals surface area contributed by atoms with E-state index in [0.29, 0.717) is 19.3 Å². The molecule has 0 aliphatic carbocycles. The molecule has 0 saturated carbocycles. The first kappa shape index (κ1) is 53.7. The highest BCUT2D eigenvalue weighted by atomic mass is 31.2. The lowest BCUT2D eigenvalue weighted by molar-refractivity contribution is -0.161. The highest BCUT2D eigenvalue weighted by Crippen LogP contribution is 2.43. The van der Waals surface area contributed by atoms with E-state index in [0.717, 1.165) is 38.5 Å². The molecule has 0 aliphatic rings. The fourth-order valence-corrected chi connectivity index (χ4v) is 6.68. The Bertz CT molecular complexity index is 1100. The maximum atomic E-state index is 12.6. The second kappa shape index (κ2) is 39.5. The second-order valence-electron chi connectivity index (χ2n) is 14.8. The number of carbonyl (C=O) groups excluding carboxylic acids is 2. The van der Waals surface area contributed by atoms with Crippen molar-refractivity contribution in [2.45, 2.75) is 206 Å². The number of unbranched alkanes of at least 4 members (excludes halogenated alkanes) is 21. The molecular formula is C44H80NO10P. The third-order valence-corrected chi connectivity index (χ3v) is 10.3. The van der Waals surface area contributed by atoms with Crippen LogP contribution in [0.15, 0.2) is 36.5 Å². The maximum absolute atomic E-state index is 12.6. The van der Waals surface area contributed by atoms with E-state index >= 15 is 0 Å². The Balaban J connectivity index is 4.43. The molecule has 4 N–H and O–H groups in total. The van der Waals surface area contributed by atoms with Gasteiger partial charge in [0, 0.05) is 12.8 Å². The van der Waals surface area contributed by atoms with Gasteiger partial charge in [0.05, 0.1) is 13.2 Å². The summed E-state index contributed by atoms with van der Waals surface area (Å²) in [6.07, 6.45) is 42.1. The fraction of sp³-hybridized carbons (Fsp3) is 0.795. The zero-order valence-corrected chi connectivity index (χ0v) is 36.1. The lowest BCUT2D eigenvalue weighted by Crippen LogP contribution is -2.34. The molecule has 0 fully saturated rings. The van der Waals surface area contributed by atoms with E-state index in [1.807, 2.05) is 6.08 Å². The van der Waals surface area contributed by atoms with Crippen LogP contribution < -0.4 is 5.73 Å². The van der Waals surface area contributed by atoms with Gasteiger partial charge in [-0.3, -0.25) is 23.4 Å². The molecule has 326 valence electrons. The zero-order valence-electron chi connectivity index (χ0n) is 35.2. The number of carboxylic acids is 1. The van der Waals surface area contributed by atoms with E-state index < -0.39 is 51.1 Å². The van der Waals surface area contributed by atoms with Crippen molar-refractivity contribution in [3.8, 4) is 0 Å². The summed E-state index contributed by atoms with van der Waals surface area (Å²) in [5, 5.41) is 8.88. The molecule has 1 unspecified atom stereocenters. The van der Waals surface area contributed by atoms with Crippen LogP contribution in [0.3, 0.4) is 0 Å². The highest BCUT2D eigenvalue weighted by molar-refractivity contribution is 7.47. The van der Waals surface area contributed by atoms with Crippen LogP contribution in [-0.4, -0.2) is 59.9 Å². The third-order valence-electron chi connectivity index (χ3n) is 9.39. The SMILES string of the molecule is CCCCCCCC/C=C\C/C=C\C/C=C\CCCC(=O)OC[C@H](COP(=O)(O)OC[C@H](N)C(=O)O)OC(=O)CCCCCCCCCCCCCCCCC. The van der Waals surface area contributed by atoms with Gasteiger partial charge in [0.15, 0.2) is 6.10 Å². The van der Waals surface area contributed by atoms with Crippen molar-refractivity contribution in [3.05, 3.63) is 36.5 Å². The van der Waals surface area contributed by atoms with Crippen LogP contribution in [0.2, 0.25) is 0 Å². The summed E-state index contributed by atoms with van der Waals surface area (Å²) in [4.78, 5) is 45.9. The first-order chi connectivity index (χ1) is 27.1. The Morgan fingerprint density at radius 2 is 0.964 bits per heavy atom. The van der Waals surface area contributed by atoms with Gasteiger partial charge in [-0.1, -0.05) is 172 Å². The molecule has 0 aromatic heterocycles. The van der Waals surface area contributed by atoms with Crippen LogP contribution >= 0.6 is 7.82 Å². The predicted octanol–water partition coefficient (Wildman–Crippen LogP) is 11.6. The quantitative estimate of drug-likeness (QED) is 0.0232. The Morgan fingerprint density at radius 3 is 1.46 bits per heavy atom. The lowest BCUT2D eigenvalue weighted by atomic mass is 10.0. The highest BCUT2D eigenvalue weighted by Gasteiger charge is 2.28. The summed E-state index contributed by atoms with van der Waals surface area (Å²) in [6.45, 7) is 2.75. The van der Waals surface area contributed by atoms with Crippen molar-refractivity contribution in [1.82, 2.24) is 0 Å². The average Bonchev–Trinajstić information content (AvgIpc) is 3.17. The molecule has 56 heavy (non-hydrogen) atoms. The number of phosphoric acid groups is 1. The molecule has 12 heteroatoms. The Labute approximate surface area is 340 Å². The Morgan fingerprint density at radius 1 is 0.554 bits per heavy atom. The molecule has 0 aromatic rings. The Kier molecular flexibility index (Phi) is 37.9. The summed E-state index contributed by atoms with van der Waals surface area (Å²) in [5.41, 5.74) is 5.33. The standard InChI is InChI=1S/C44H80NO10P/c1-3-5-7-9-11-13-15-17-19-20-22-23-25-27-29-31-33-35-42(46)52-37-40(38-53-56(50,51)54-39-41(45)44(48)49)55-43(47)36-34-32-30-28-26-24-21-18-16-14-12-10-8-6-4-2/h17,19,22-23,27,29,40-41H,3-16,18,20-21,24-26,28,30-39,45H2,1-2H3,(H,48,49)(H,50,51)/b19-17-,23-22-,29-27-/t40-,41+/m1/s1. The minimum atomic E-state index is -4.72. The number of hydrogen-bond donors (Lipinski definition) is 3. The smallest absolute Gasteiger partial charge is 0.472 e. The van der Waals surface area contributed by atoms with Crippen LogP contribution in [0.1, 0.15) is 194 Å². The monoisotopic (exact) mass is 814 g/mol. The van der Waals surface area contributed by atoms with E-state index in [4.69, 9.17) is 24.8 Å². The van der Waals surface area contributed by atoms with Gasteiger partial charge < -0.3 is 25.2 Å². The molecule has 3 atom stereocenters. The van der Waals surface area contributed by atoms with Gasteiger partial charge in [-0.2, -0.15) is 0 Å². The van der Waals surface area contributed by atoms with E-state index in [2.05, 4.69) is 48.8 Å². The minimum absolute atomic E-state index is 0.152. The second-order valence-corrected chi connectivity index (χ2v) is 16.3. The van der Waals surface area contributed by atoms with Crippen LogP contribution in [-0.2, 0) is 37.5 Å². The molecule has 11 nitrogen and oxygen atoms in total. The summed E-state index contributed by atoms with van der Waals surface area (Å²) in [5.74, 6) is -2.44. The first-order valence-electron chi connectivity index (χ1n) is 22.0. The van der Waals surface area contributed by atoms with Crippen molar-refractivity contribution < 1.29 is 47.5 Å². The fourth-order valence-electron chi connectivity index (χ4n) is 5.90. The number of carbonyl (C=O) groups is 3. The van der Waals surface area contributed by atoms with Crippen LogP contribution in [0.25, 0.3) is 0 Å². The number of nitrogens with two attached hydrogens (primary N) is 1. The van der Waals surface area contributed by atoms with Gasteiger partial charge >= 0.3 is 25.7 Å². The molecule has 0 spiro atoms. The number of ether oxygens (including phenoxy) is 2. The van der Waals surface area contributed by atoms with Gasteiger partial charge in [0.25, 0.3) is 0 Å². The van der Waals surface area contributed by atoms with Crippen molar-refractivity contribution in [2.24, 2.45) is 5.73 Å². The molecule has 0 amide bonds. The summed E-state index contributed by atoms with van der Waals surface area (Å²) < 4.78 is 32.6. The van der Waals surface area contributed by atoms with Gasteiger partial charge in [-0.25, -0.2) is 4.57 Å². The first-order valence-corrected chi connectivity index (χ1v) is 23.5. The van der Waals surface area contributed by atoms with Crippen molar-refractivity contribution in [2.75, 3.05) is 19.8 Å². The third kappa shape index (κ3) is 38.6. The predicted molar refractivity (Wildman–Crippen MR) is 226 cm³/mol. The van der Waals surface area contributed by atoms with Gasteiger partial charge in [0.1, 0.15) is 12.6 Å².